The van der Waals surface area contributed by atoms with Crippen molar-refractivity contribution in [3.05, 3.63) is 112 Å². The first-order valence-corrected chi connectivity index (χ1v) is 11.4. The van der Waals surface area contributed by atoms with Crippen LogP contribution in [0.25, 0.3) is 33.2 Å². The van der Waals surface area contributed by atoms with Gasteiger partial charge in [-0.15, -0.1) is 0 Å². The molecule has 0 saturated carbocycles. The second kappa shape index (κ2) is 9.66. The SMILES string of the molecule is COCc1ccccc1-c1ccc(Oc2ccc(-c3c(O)c4ccc(Cl)cc4[nH]c3=O)cc2)cc1. The van der Waals surface area contributed by atoms with E-state index in [1.165, 1.54) is 0 Å². The van der Waals surface area contributed by atoms with E-state index < -0.39 is 5.56 Å². The van der Waals surface area contributed by atoms with Crippen LogP contribution in [0.3, 0.4) is 0 Å². The molecule has 0 atom stereocenters. The van der Waals surface area contributed by atoms with Crippen molar-refractivity contribution >= 4 is 22.5 Å². The molecule has 0 aliphatic heterocycles. The van der Waals surface area contributed by atoms with Crippen LogP contribution in [-0.2, 0) is 11.3 Å². The lowest BCUT2D eigenvalue weighted by atomic mass is 10.00. The number of hydrogen-bond acceptors (Lipinski definition) is 4. The zero-order valence-electron chi connectivity index (χ0n) is 18.9. The number of rotatable bonds is 6. The van der Waals surface area contributed by atoms with E-state index in [9.17, 15) is 9.90 Å². The van der Waals surface area contributed by atoms with Gasteiger partial charge in [-0.05, 0) is 64.7 Å². The van der Waals surface area contributed by atoms with Crippen molar-refractivity contribution in [3.63, 3.8) is 0 Å². The summed E-state index contributed by atoms with van der Waals surface area (Å²) in [6, 6.07) is 28.0. The van der Waals surface area contributed by atoms with Crippen LogP contribution < -0.4 is 10.3 Å². The van der Waals surface area contributed by atoms with Crippen LogP contribution in [0.5, 0.6) is 17.2 Å². The average Bonchev–Trinajstić information content (AvgIpc) is 2.86. The number of hydrogen-bond donors (Lipinski definition) is 2. The first kappa shape index (κ1) is 22.7. The molecule has 1 aromatic heterocycles. The van der Waals surface area contributed by atoms with Crippen LogP contribution in [0.15, 0.2) is 95.8 Å². The topological polar surface area (TPSA) is 71.5 Å². The molecule has 4 aromatic carbocycles. The van der Waals surface area contributed by atoms with Crippen molar-refractivity contribution in [1.82, 2.24) is 4.98 Å². The third-order valence-corrected chi connectivity index (χ3v) is 6.05. The fraction of sp³-hybridized carbons (Fsp3) is 0.0690. The maximum atomic E-state index is 12.7. The van der Waals surface area contributed by atoms with E-state index in [-0.39, 0.29) is 11.3 Å². The Morgan fingerprint density at radius 3 is 2.20 bits per heavy atom. The third kappa shape index (κ3) is 4.64. The fourth-order valence-corrected chi connectivity index (χ4v) is 4.30. The molecule has 0 unspecified atom stereocenters. The molecule has 0 radical (unpaired) electrons. The number of ether oxygens (including phenoxy) is 2. The zero-order chi connectivity index (χ0) is 24.4. The largest absolute Gasteiger partial charge is 0.506 e. The molecular formula is C29H22ClNO4. The summed E-state index contributed by atoms with van der Waals surface area (Å²) in [6.07, 6.45) is 0. The summed E-state index contributed by atoms with van der Waals surface area (Å²) in [6.45, 7) is 0.546. The summed E-state index contributed by atoms with van der Waals surface area (Å²) in [5, 5.41) is 11.8. The van der Waals surface area contributed by atoms with Gasteiger partial charge in [-0.1, -0.05) is 60.1 Å². The first-order chi connectivity index (χ1) is 17.0. The van der Waals surface area contributed by atoms with Crippen LogP contribution in [0.2, 0.25) is 5.02 Å². The Balaban J connectivity index is 1.38. The summed E-state index contributed by atoms with van der Waals surface area (Å²) < 4.78 is 11.3. The average molecular weight is 484 g/mol. The molecule has 5 nitrogen and oxygen atoms in total. The molecule has 0 aliphatic carbocycles. The summed E-state index contributed by atoms with van der Waals surface area (Å²) >= 11 is 6.00. The molecule has 1 heterocycles. The Kier molecular flexibility index (Phi) is 6.27. The molecule has 2 N–H and O–H groups in total. The molecule has 0 saturated heterocycles. The number of aromatic amines is 1. The standard InChI is InChI=1S/C29H22ClNO4/c1-34-17-20-4-2-3-5-24(20)18-6-11-22(12-7-18)35-23-13-8-19(9-14-23)27-28(32)25-15-10-21(30)16-26(25)31-29(27)33/h2-16H,17H2,1H3,(H2,31,32,33). The highest BCUT2D eigenvalue weighted by Crippen LogP contribution is 2.34. The molecular weight excluding hydrogens is 462 g/mol. The number of pyridine rings is 1. The Labute approximate surface area is 207 Å². The zero-order valence-corrected chi connectivity index (χ0v) is 19.7. The Hall–Kier alpha value is -4.06. The van der Waals surface area contributed by atoms with Crippen molar-refractivity contribution in [1.29, 1.82) is 0 Å². The van der Waals surface area contributed by atoms with Crippen molar-refractivity contribution in [2.24, 2.45) is 0 Å². The molecule has 0 spiro atoms. The highest BCUT2D eigenvalue weighted by atomic mass is 35.5. The van der Waals surface area contributed by atoms with Crippen LogP contribution in [-0.4, -0.2) is 17.2 Å². The summed E-state index contributed by atoms with van der Waals surface area (Å²) in [5.74, 6) is 1.22. The molecule has 6 heteroatoms. The number of H-pyrrole nitrogens is 1. The Bertz CT molecular complexity index is 1560. The Morgan fingerprint density at radius 1 is 0.857 bits per heavy atom. The van der Waals surface area contributed by atoms with Gasteiger partial charge >= 0.3 is 0 Å². The first-order valence-electron chi connectivity index (χ1n) is 11.0. The van der Waals surface area contributed by atoms with Gasteiger partial charge < -0.3 is 19.6 Å². The van der Waals surface area contributed by atoms with Gasteiger partial charge in [0.1, 0.15) is 17.2 Å². The molecule has 35 heavy (non-hydrogen) atoms. The van der Waals surface area contributed by atoms with Crippen LogP contribution in [0, 0.1) is 0 Å². The van der Waals surface area contributed by atoms with Gasteiger partial charge in [0.15, 0.2) is 0 Å². The quantitative estimate of drug-likeness (QED) is 0.269. The van der Waals surface area contributed by atoms with Crippen molar-refractivity contribution in [2.45, 2.75) is 6.61 Å². The van der Waals surface area contributed by atoms with Gasteiger partial charge in [-0.3, -0.25) is 4.79 Å². The smallest absolute Gasteiger partial charge is 0.260 e. The molecule has 0 aliphatic rings. The van der Waals surface area contributed by atoms with Gasteiger partial charge in [0.2, 0.25) is 0 Å². The summed E-state index contributed by atoms with van der Waals surface area (Å²) in [7, 11) is 1.69. The van der Waals surface area contributed by atoms with Crippen molar-refractivity contribution in [3.8, 4) is 39.5 Å². The predicted octanol–water partition coefficient (Wildman–Crippen LogP) is 7.16. The number of aromatic hydroxyl groups is 1. The van der Waals surface area contributed by atoms with Gasteiger partial charge in [-0.25, -0.2) is 0 Å². The van der Waals surface area contributed by atoms with Crippen LogP contribution >= 0.6 is 11.6 Å². The van der Waals surface area contributed by atoms with Crippen LogP contribution in [0.4, 0.5) is 0 Å². The van der Waals surface area contributed by atoms with E-state index in [2.05, 4.69) is 17.1 Å². The van der Waals surface area contributed by atoms with Crippen molar-refractivity contribution < 1.29 is 14.6 Å². The highest BCUT2D eigenvalue weighted by Gasteiger charge is 2.14. The van der Waals surface area contributed by atoms with E-state index in [1.54, 1.807) is 49.6 Å². The van der Waals surface area contributed by atoms with E-state index in [4.69, 9.17) is 21.1 Å². The minimum atomic E-state index is -0.393. The minimum absolute atomic E-state index is 0.0848. The number of benzene rings is 4. The lowest BCUT2D eigenvalue weighted by molar-refractivity contribution is 0.185. The second-order valence-electron chi connectivity index (χ2n) is 8.11. The predicted molar refractivity (Wildman–Crippen MR) is 139 cm³/mol. The van der Waals surface area contributed by atoms with Gasteiger partial charge in [0.05, 0.1) is 17.7 Å². The normalized spacial score (nSPS) is 11.0. The number of aromatic nitrogens is 1. The molecule has 0 bridgehead atoms. The Morgan fingerprint density at radius 2 is 1.51 bits per heavy atom. The van der Waals surface area contributed by atoms with E-state index in [0.717, 1.165) is 16.7 Å². The number of nitrogens with one attached hydrogen (secondary N) is 1. The summed E-state index contributed by atoms with van der Waals surface area (Å²) in [5.41, 5.74) is 4.19. The van der Waals surface area contributed by atoms with E-state index >= 15 is 0 Å². The molecule has 174 valence electrons. The number of halogens is 1. The number of methoxy groups -OCH3 is 1. The fourth-order valence-electron chi connectivity index (χ4n) is 4.13. The lowest BCUT2D eigenvalue weighted by Gasteiger charge is -2.11. The third-order valence-electron chi connectivity index (χ3n) is 5.81. The molecule has 0 fully saturated rings. The lowest BCUT2D eigenvalue weighted by Crippen LogP contribution is -2.09. The van der Waals surface area contributed by atoms with Gasteiger partial charge in [-0.2, -0.15) is 0 Å². The monoisotopic (exact) mass is 483 g/mol. The summed E-state index contributed by atoms with van der Waals surface area (Å²) in [4.78, 5) is 15.4. The van der Waals surface area contributed by atoms with Gasteiger partial charge in [0.25, 0.3) is 5.56 Å². The second-order valence-corrected chi connectivity index (χ2v) is 8.55. The maximum Gasteiger partial charge on any atom is 0.260 e. The highest BCUT2D eigenvalue weighted by molar-refractivity contribution is 6.31. The molecule has 5 aromatic rings. The number of fused-ring (bicyclic) bond motifs is 1. The molecule has 5 rings (SSSR count). The van der Waals surface area contributed by atoms with E-state index in [0.29, 0.717) is 39.6 Å². The minimum Gasteiger partial charge on any atom is -0.506 e. The van der Waals surface area contributed by atoms with Crippen LogP contribution in [0.1, 0.15) is 5.56 Å². The maximum absolute atomic E-state index is 12.7. The van der Waals surface area contributed by atoms with Gasteiger partial charge in [0, 0.05) is 17.5 Å². The van der Waals surface area contributed by atoms with Crippen molar-refractivity contribution in [2.75, 3.05) is 7.11 Å². The molecule has 0 amide bonds. The van der Waals surface area contributed by atoms with E-state index in [1.807, 2.05) is 36.4 Å².